The van der Waals surface area contributed by atoms with Crippen molar-refractivity contribution in [1.29, 1.82) is 0 Å². The maximum absolute atomic E-state index is 14.8. The average Bonchev–Trinajstić information content (AvgIpc) is 3.29. The maximum atomic E-state index is 14.8. The Kier molecular flexibility index (Phi) is 4.36. The second kappa shape index (κ2) is 6.73. The molecule has 10 nitrogen and oxygen atoms in total. The highest BCUT2D eigenvalue weighted by atomic mass is 19.1. The first-order chi connectivity index (χ1) is 13.3. The molecule has 0 saturated carbocycles. The number of nitrogens with zero attached hydrogens (tertiary/aromatic N) is 3. The Morgan fingerprint density at radius 3 is 2.71 bits per heavy atom. The van der Waals surface area contributed by atoms with Crippen LogP contribution >= 0.6 is 0 Å². The van der Waals surface area contributed by atoms with Gasteiger partial charge in [0.15, 0.2) is 0 Å². The summed E-state index contributed by atoms with van der Waals surface area (Å²) in [7, 11) is 1.66. The van der Waals surface area contributed by atoms with Crippen molar-refractivity contribution in [1.82, 2.24) is 10.2 Å². The van der Waals surface area contributed by atoms with Gasteiger partial charge in [-0.05, 0) is 18.2 Å². The summed E-state index contributed by atoms with van der Waals surface area (Å²) >= 11 is 0. The molecular weight excluding hydrogens is 375 g/mol. The Labute approximate surface area is 159 Å². The number of likely N-dealkylation sites (N-methyl/N-ethyl adjacent to an activating group) is 1. The van der Waals surface area contributed by atoms with Crippen LogP contribution < -0.4 is 15.1 Å². The van der Waals surface area contributed by atoms with Gasteiger partial charge < -0.3 is 29.7 Å². The lowest BCUT2D eigenvalue weighted by Crippen LogP contribution is -2.35. The number of fused-ring (bicyclic) bond motifs is 1. The Bertz CT molecular complexity index is 836. The fourth-order valence-corrected chi connectivity index (χ4v) is 3.75. The molecule has 1 aromatic carbocycles. The number of nitrogens with one attached hydrogen (secondary N) is 1. The van der Waals surface area contributed by atoms with E-state index in [4.69, 9.17) is 14.6 Å². The SMILES string of the molecule is CN1C(=O)O[C@@H]2CN(c3ccc(N4C[C@H](CNC(=O)O)OC4=O)cc3F)C[C@@H]21. The van der Waals surface area contributed by atoms with Crippen LogP contribution in [0.5, 0.6) is 0 Å². The number of rotatable bonds is 4. The summed E-state index contributed by atoms with van der Waals surface area (Å²) in [6.07, 6.45) is -3.18. The number of hydrogen-bond donors (Lipinski definition) is 2. The van der Waals surface area contributed by atoms with Crippen molar-refractivity contribution in [2.75, 3.05) is 43.0 Å². The molecular formula is C17H19FN4O6. The van der Waals surface area contributed by atoms with Gasteiger partial charge in [-0.1, -0.05) is 0 Å². The van der Waals surface area contributed by atoms with Crippen molar-refractivity contribution in [3.63, 3.8) is 0 Å². The van der Waals surface area contributed by atoms with Gasteiger partial charge in [-0.2, -0.15) is 0 Å². The first-order valence-electron chi connectivity index (χ1n) is 8.76. The highest BCUT2D eigenvalue weighted by molar-refractivity contribution is 5.90. The lowest BCUT2D eigenvalue weighted by Gasteiger charge is -2.23. The number of ether oxygens (including phenoxy) is 2. The Morgan fingerprint density at radius 2 is 2.04 bits per heavy atom. The molecule has 3 heterocycles. The number of carbonyl (C=O) groups is 3. The lowest BCUT2D eigenvalue weighted by molar-refractivity contribution is 0.136. The van der Waals surface area contributed by atoms with Crippen LogP contribution in [0.2, 0.25) is 0 Å². The van der Waals surface area contributed by atoms with Crippen molar-refractivity contribution in [2.24, 2.45) is 0 Å². The number of carbonyl (C=O) groups excluding carboxylic acids is 2. The van der Waals surface area contributed by atoms with E-state index in [1.165, 1.54) is 15.9 Å². The van der Waals surface area contributed by atoms with Gasteiger partial charge in [0.1, 0.15) is 18.0 Å². The lowest BCUT2D eigenvalue weighted by atomic mass is 10.2. The minimum absolute atomic E-state index is 0.0407. The topological polar surface area (TPSA) is 112 Å². The molecule has 0 aromatic heterocycles. The molecule has 3 saturated heterocycles. The number of halogens is 1. The fraction of sp³-hybridized carbons (Fsp3) is 0.471. The van der Waals surface area contributed by atoms with E-state index in [2.05, 4.69) is 5.32 Å². The van der Waals surface area contributed by atoms with Crippen LogP contribution in [0.3, 0.4) is 0 Å². The molecule has 11 heteroatoms. The summed E-state index contributed by atoms with van der Waals surface area (Å²) in [5.41, 5.74) is 0.686. The zero-order valence-electron chi connectivity index (χ0n) is 15.0. The largest absolute Gasteiger partial charge is 0.465 e. The smallest absolute Gasteiger partial charge is 0.414 e. The molecule has 0 unspecified atom stereocenters. The number of benzene rings is 1. The molecule has 1 aromatic rings. The van der Waals surface area contributed by atoms with E-state index in [9.17, 15) is 18.8 Å². The van der Waals surface area contributed by atoms with Crippen molar-refractivity contribution in [3.05, 3.63) is 24.0 Å². The molecule has 3 aliphatic heterocycles. The third kappa shape index (κ3) is 3.12. The number of anilines is 2. The predicted molar refractivity (Wildman–Crippen MR) is 94.1 cm³/mol. The van der Waals surface area contributed by atoms with E-state index in [0.717, 1.165) is 0 Å². The normalized spacial score (nSPS) is 26.4. The Hall–Kier alpha value is -3.24. The molecule has 3 amide bonds. The van der Waals surface area contributed by atoms with Gasteiger partial charge in [-0.15, -0.1) is 0 Å². The zero-order chi connectivity index (χ0) is 20.0. The summed E-state index contributed by atoms with van der Waals surface area (Å²) in [5.74, 6) is -0.508. The fourth-order valence-electron chi connectivity index (χ4n) is 3.75. The third-order valence-corrected chi connectivity index (χ3v) is 5.21. The second-order valence-corrected chi connectivity index (χ2v) is 6.94. The second-order valence-electron chi connectivity index (χ2n) is 6.94. The first-order valence-corrected chi connectivity index (χ1v) is 8.76. The predicted octanol–water partition coefficient (Wildman–Crippen LogP) is 1.06. The van der Waals surface area contributed by atoms with Crippen LogP contribution in [0.4, 0.5) is 30.1 Å². The highest BCUT2D eigenvalue weighted by Gasteiger charge is 2.46. The van der Waals surface area contributed by atoms with E-state index in [0.29, 0.717) is 24.5 Å². The summed E-state index contributed by atoms with van der Waals surface area (Å²) in [4.78, 5) is 38.7. The molecule has 0 aliphatic carbocycles. The van der Waals surface area contributed by atoms with Gasteiger partial charge in [-0.3, -0.25) is 4.90 Å². The van der Waals surface area contributed by atoms with E-state index >= 15 is 0 Å². The maximum Gasteiger partial charge on any atom is 0.414 e. The van der Waals surface area contributed by atoms with E-state index < -0.39 is 24.1 Å². The van der Waals surface area contributed by atoms with Gasteiger partial charge in [0, 0.05) is 13.6 Å². The van der Waals surface area contributed by atoms with Crippen LogP contribution in [0.1, 0.15) is 0 Å². The van der Waals surface area contributed by atoms with E-state index in [1.54, 1.807) is 24.1 Å². The molecule has 0 bridgehead atoms. The van der Waals surface area contributed by atoms with Crippen LogP contribution in [-0.2, 0) is 9.47 Å². The molecule has 150 valence electrons. The minimum Gasteiger partial charge on any atom is -0.465 e. The molecule has 3 fully saturated rings. The summed E-state index contributed by atoms with van der Waals surface area (Å²) in [6.45, 7) is 0.928. The average molecular weight is 394 g/mol. The van der Waals surface area contributed by atoms with Crippen molar-refractivity contribution < 1.29 is 33.4 Å². The number of hydrogen-bond acceptors (Lipinski definition) is 6. The molecule has 0 spiro atoms. The van der Waals surface area contributed by atoms with Crippen molar-refractivity contribution in [3.8, 4) is 0 Å². The van der Waals surface area contributed by atoms with E-state index in [-0.39, 0.29) is 31.3 Å². The summed E-state index contributed by atoms with van der Waals surface area (Å²) < 4.78 is 25.1. The third-order valence-electron chi connectivity index (χ3n) is 5.21. The van der Waals surface area contributed by atoms with Crippen LogP contribution in [0, 0.1) is 5.82 Å². The Balaban J connectivity index is 1.45. The zero-order valence-corrected chi connectivity index (χ0v) is 15.0. The summed E-state index contributed by atoms with van der Waals surface area (Å²) in [5, 5.41) is 10.8. The number of amides is 3. The highest BCUT2D eigenvalue weighted by Crippen LogP contribution is 2.33. The van der Waals surface area contributed by atoms with Gasteiger partial charge >= 0.3 is 18.3 Å². The van der Waals surface area contributed by atoms with Gasteiger partial charge in [0.2, 0.25) is 0 Å². The van der Waals surface area contributed by atoms with E-state index in [1.807, 2.05) is 0 Å². The Morgan fingerprint density at radius 1 is 1.25 bits per heavy atom. The van der Waals surface area contributed by atoms with Crippen molar-refractivity contribution >= 4 is 29.7 Å². The molecule has 0 radical (unpaired) electrons. The summed E-state index contributed by atoms with van der Waals surface area (Å²) in [6, 6.07) is 4.30. The molecule has 28 heavy (non-hydrogen) atoms. The number of cyclic esters (lactones) is 1. The van der Waals surface area contributed by atoms with Crippen molar-refractivity contribution in [2.45, 2.75) is 18.2 Å². The minimum atomic E-state index is -1.21. The molecule has 3 aliphatic rings. The molecule has 3 atom stereocenters. The van der Waals surface area contributed by atoms with Crippen LogP contribution in [0.25, 0.3) is 0 Å². The molecule has 2 N–H and O–H groups in total. The quantitative estimate of drug-likeness (QED) is 0.785. The standard InChI is InChI=1S/C17H19FN4O6/c1-20-13-7-21(8-14(13)28-16(20)25)12-3-2-9(4-11(12)18)22-6-10(27-17(22)26)5-19-15(23)24/h2-4,10,13-14,19H,5-8H2,1H3,(H,23,24)/t10-,13-,14+/m0/s1. The monoisotopic (exact) mass is 394 g/mol. The number of carboxylic acid groups (broad SMARTS) is 1. The van der Waals surface area contributed by atoms with Gasteiger partial charge in [0.05, 0.1) is 37.1 Å². The van der Waals surface area contributed by atoms with Crippen LogP contribution in [0.15, 0.2) is 18.2 Å². The van der Waals surface area contributed by atoms with Crippen LogP contribution in [-0.4, -0.2) is 79.8 Å². The van der Waals surface area contributed by atoms with Gasteiger partial charge in [0.25, 0.3) is 0 Å². The molecule has 4 rings (SSSR count). The first kappa shape index (κ1) is 18.1. The van der Waals surface area contributed by atoms with Gasteiger partial charge in [-0.25, -0.2) is 18.8 Å².